The molecule has 1 aromatic rings. The molecule has 0 saturated heterocycles. The molecule has 0 spiro atoms. The van der Waals surface area contributed by atoms with E-state index in [1.54, 1.807) is 31.2 Å². The Balaban J connectivity index is 2.23. The fraction of sp³-hybridized carbons (Fsp3) is 0.600. The van der Waals surface area contributed by atoms with E-state index in [1.807, 2.05) is 0 Å². The maximum atomic E-state index is 12.0. The minimum absolute atomic E-state index is 0.00184. The number of esters is 1. The summed E-state index contributed by atoms with van der Waals surface area (Å²) in [7, 11) is 0. The van der Waals surface area contributed by atoms with Crippen LogP contribution < -0.4 is 5.32 Å². The Morgan fingerprint density at radius 1 is 0.958 bits per heavy atom. The van der Waals surface area contributed by atoms with Gasteiger partial charge in [0, 0.05) is 12.1 Å². The molecule has 24 heavy (non-hydrogen) atoms. The summed E-state index contributed by atoms with van der Waals surface area (Å²) < 4.78 is 4.96. The Morgan fingerprint density at radius 2 is 1.62 bits per heavy atom. The van der Waals surface area contributed by atoms with Gasteiger partial charge in [-0.05, 0) is 31.5 Å². The molecule has 0 fully saturated rings. The van der Waals surface area contributed by atoms with Gasteiger partial charge in [-0.3, -0.25) is 4.79 Å². The molecule has 1 rings (SSSR count). The van der Waals surface area contributed by atoms with Crippen molar-refractivity contribution in [1.82, 2.24) is 0 Å². The number of hydrogen-bond acceptors (Lipinski definition) is 3. The summed E-state index contributed by atoms with van der Waals surface area (Å²) in [6.45, 7) is 4.34. The van der Waals surface area contributed by atoms with Crippen LogP contribution in [0.3, 0.4) is 0 Å². The Morgan fingerprint density at radius 3 is 2.29 bits per heavy atom. The molecule has 0 aromatic heterocycles. The minimum atomic E-state index is -0.364. The number of ether oxygens (including phenoxy) is 1. The number of amides is 1. The zero-order valence-electron chi connectivity index (χ0n) is 15.1. The second kappa shape index (κ2) is 12.6. The van der Waals surface area contributed by atoms with Crippen molar-refractivity contribution >= 4 is 17.6 Å². The third-order valence-corrected chi connectivity index (χ3v) is 3.91. The molecule has 0 saturated carbocycles. The minimum Gasteiger partial charge on any atom is -0.462 e. The largest absolute Gasteiger partial charge is 0.462 e. The lowest BCUT2D eigenvalue weighted by Crippen LogP contribution is -2.12. The predicted octanol–water partition coefficient (Wildman–Crippen LogP) is 5.33. The second-order valence-corrected chi connectivity index (χ2v) is 6.07. The van der Waals surface area contributed by atoms with E-state index in [2.05, 4.69) is 12.2 Å². The Labute approximate surface area is 146 Å². The average Bonchev–Trinajstić information content (AvgIpc) is 2.57. The highest BCUT2D eigenvalue weighted by Crippen LogP contribution is 2.14. The summed E-state index contributed by atoms with van der Waals surface area (Å²) in [5.74, 6) is -0.362. The monoisotopic (exact) mass is 333 g/mol. The number of nitrogens with one attached hydrogen (secondary N) is 1. The van der Waals surface area contributed by atoms with Gasteiger partial charge in [0.15, 0.2) is 0 Å². The molecule has 0 bridgehead atoms. The molecule has 134 valence electrons. The number of carbonyl (C=O) groups excluding carboxylic acids is 2. The van der Waals surface area contributed by atoms with Gasteiger partial charge in [-0.2, -0.15) is 0 Å². The topological polar surface area (TPSA) is 55.4 Å². The highest BCUT2D eigenvalue weighted by Gasteiger charge is 2.08. The summed E-state index contributed by atoms with van der Waals surface area (Å²) in [4.78, 5) is 23.7. The van der Waals surface area contributed by atoms with E-state index < -0.39 is 0 Å². The maximum absolute atomic E-state index is 12.0. The molecule has 0 unspecified atom stereocenters. The third-order valence-electron chi connectivity index (χ3n) is 3.91. The van der Waals surface area contributed by atoms with Gasteiger partial charge >= 0.3 is 5.97 Å². The number of unbranched alkanes of at least 4 members (excludes halogenated alkanes) is 7. The smallest absolute Gasteiger partial charge is 0.338 e. The van der Waals surface area contributed by atoms with Crippen LogP contribution in [0.1, 0.15) is 82.0 Å². The van der Waals surface area contributed by atoms with E-state index in [1.165, 1.54) is 38.5 Å². The van der Waals surface area contributed by atoms with E-state index >= 15 is 0 Å². The summed E-state index contributed by atoms with van der Waals surface area (Å²) in [6.07, 6.45) is 10.2. The number of carbonyl (C=O) groups is 2. The molecule has 1 N–H and O–H groups in total. The van der Waals surface area contributed by atoms with Gasteiger partial charge in [0.1, 0.15) is 0 Å². The predicted molar refractivity (Wildman–Crippen MR) is 98.3 cm³/mol. The molecule has 1 amide bonds. The van der Waals surface area contributed by atoms with Gasteiger partial charge in [-0.15, -0.1) is 0 Å². The third kappa shape index (κ3) is 8.70. The lowest BCUT2D eigenvalue weighted by atomic mass is 10.1. The Hall–Kier alpha value is -1.84. The molecule has 0 aliphatic heterocycles. The standard InChI is InChI=1S/C20H31NO3/c1-3-5-6-7-8-9-10-11-15-19(22)21-18-14-12-13-17(16-18)20(23)24-4-2/h12-14,16H,3-11,15H2,1-2H3,(H,21,22). The molecule has 4 heteroatoms. The van der Waals surface area contributed by atoms with Crippen molar-refractivity contribution in [1.29, 1.82) is 0 Å². The number of benzene rings is 1. The Bertz CT molecular complexity index is 499. The second-order valence-electron chi connectivity index (χ2n) is 6.07. The van der Waals surface area contributed by atoms with Gasteiger partial charge in [0.2, 0.25) is 5.91 Å². The highest BCUT2D eigenvalue weighted by atomic mass is 16.5. The Kier molecular flexibility index (Phi) is 10.6. The zero-order chi connectivity index (χ0) is 17.6. The van der Waals surface area contributed by atoms with Crippen molar-refractivity contribution in [2.24, 2.45) is 0 Å². The van der Waals surface area contributed by atoms with E-state index in [4.69, 9.17) is 4.74 Å². The van der Waals surface area contributed by atoms with Crippen LogP contribution in [0.2, 0.25) is 0 Å². The fourth-order valence-corrected chi connectivity index (χ4v) is 2.58. The number of hydrogen-bond donors (Lipinski definition) is 1. The zero-order valence-corrected chi connectivity index (χ0v) is 15.1. The normalized spacial score (nSPS) is 10.4. The van der Waals surface area contributed by atoms with Crippen molar-refractivity contribution < 1.29 is 14.3 Å². The first-order valence-electron chi connectivity index (χ1n) is 9.24. The van der Waals surface area contributed by atoms with E-state index in [0.717, 1.165) is 12.8 Å². The quantitative estimate of drug-likeness (QED) is 0.415. The van der Waals surface area contributed by atoms with Gasteiger partial charge in [-0.1, -0.05) is 57.9 Å². The van der Waals surface area contributed by atoms with E-state index in [9.17, 15) is 9.59 Å². The average molecular weight is 333 g/mol. The molecule has 4 nitrogen and oxygen atoms in total. The first kappa shape index (κ1) is 20.2. The molecular formula is C20H31NO3. The van der Waals surface area contributed by atoms with Crippen LogP contribution in [-0.4, -0.2) is 18.5 Å². The lowest BCUT2D eigenvalue weighted by molar-refractivity contribution is -0.116. The van der Waals surface area contributed by atoms with Crippen LogP contribution in [0.4, 0.5) is 5.69 Å². The molecule has 0 radical (unpaired) electrons. The van der Waals surface area contributed by atoms with Gasteiger partial charge in [0.05, 0.1) is 12.2 Å². The molecular weight excluding hydrogens is 302 g/mol. The van der Waals surface area contributed by atoms with Crippen molar-refractivity contribution in [3.8, 4) is 0 Å². The van der Waals surface area contributed by atoms with Gasteiger partial charge in [-0.25, -0.2) is 4.79 Å². The van der Waals surface area contributed by atoms with E-state index in [-0.39, 0.29) is 11.9 Å². The maximum Gasteiger partial charge on any atom is 0.338 e. The van der Waals surface area contributed by atoms with Crippen molar-refractivity contribution in [2.45, 2.75) is 71.6 Å². The van der Waals surface area contributed by atoms with Crippen molar-refractivity contribution in [3.63, 3.8) is 0 Å². The molecule has 0 aliphatic rings. The summed E-state index contributed by atoms with van der Waals surface area (Å²) in [5.41, 5.74) is 1.10. The van der Waals surface area contributed by atoms with Crippen LogP contribution in [0.5, 0.6) is 0 Å². The SMILES string of the molecule is CCCCCCCCCCC(=O)Nc1cccc(C(=O)OCC)c1. The van der Waals surface area contributed by atoms with Crippen LogP contribution in [0, 0.1) is 0 Å². The molecule has 0 aliphatic carbocycles. The first-order chi connectivity index (χ1) is 11.7. The summed E-state index contributed by atoms with van der Waals surface area (Å²) >= 11 is 0. The van der Waals surface area contributed by atoms with Crippen LogP contribution in [-0.2, 0) is 9.53 Å². The lowest BCUT2D eigenvalue weighted by Gasteiger charge is -2.07. The van der Waals surface area contributed by atoms with Gasteiger partial charge in [0.25, 0.3) is 0 Å². The number of anilines is 1. The van der Waals surface area contributed by atoms with Gasteiger partial charge < -0.3 is 10.1 Å². The highest BCUT2D eigenvalue weighted by molar-refractivity contribution is 5.94. The number of rotatable bonds is 12. The van der Waals surface area contributed by atoms with Crippen LogP contribution in [0.15, 0.2) is 24.3 Å². The summed E-state index contributed by atoms with van der Waals surface area (Å²) in [6, 6.07) is 6.88. The molecule has 1 aromatic carbocycles. The fourth-order valence-electron chi connectivity index (χ4n) is 2.58. The molecule has 0 heterocycles. The molecule has 0 atom stereocenters. The van der Waals surface area contributed by atoms with Crippen molar-refractivity contribution in [3.05, 3.63) is 29.8 Å². The van der Waals surface area contributed by atoms with Crippen molar-refractivity contribution in [2.75, 3.05) is 11.9 Å². The van der Waals surface area contributed by atoms with Crippen LogP contribution >= 0.6 is 0 Å². The first-order valence-corrected chi connectivity index (χ1v) is 9.24. The van der Waals surface area contributed by atoms with E-state index in [0.29, 0.717) is 24.3 Å². The summed E-state index contributed by atoms with van der Waals surface area (Å²) in [5, 5.41) is 2.85. The van der Waals surface area contributed by atoms with Crippen LogP contribution in [0.25, 0.3) is 0 Å².